The van der Waals surface area contributed by atoms with Gasteiger partial charge in [0.2, 0.25) is 5.91 Å². The van der Waals surface area contributed by atoms with Gasteiger partial charge in [0.05, 0.1) is 24.6 Å². The van der Waals surface area contributed by atoms with E-state index in [1.54, 1.807) is 11.2 Å². The summed E-state index contributed by atoms with van der Waals surface area (Å²) in [6.45, 7) is 6.54. The Bertz CT molecular complexity index is 1210. The molecule has 0 radical (unpaired) electrons. The van der Waals surface area contributed by atoms with Crippen LogP contribution in [0.15, 0.2) is 59.2 Å². The zero-order chi connectivity index (χ0) is 25.3. The molecule has 5 rings (SSSR count). The molecule has 1 aliphatic carbocycles. The Labute approximate surface area is 212 Å². The number of aromatic nitrogens is 1. The summed E-state index contributed by atoms with van der Waals surface area (Å²) in [6, 6.07) is 15.3. The second kappa shape index (κ2) is 9.88. The SMILES string of the molecule is CC(C)Oc1ccc(CN2C(=O)c3ccc(-c4ccco4)n3C[C@@]2(C)C(=O)NC2CCCCC2)cc1. The molecule has 1 aromatic carbocycles. The van der Waals surface area contributed by atoms with Gasteiger partial charge in [-0.2, -0.15) is 0 Å². The summed E-state index contributed by atoms with van der Waals surface area (Å²) in [6.07, 6.45) is 7.14. The van der Waals surface area contributed by atoms with Gasteiger partial charge in [0.25, 0.3) is 5.91 Å². The average molecular weight is 490 g/mol. The molecule has 1 saturated carbocycles. The van der Waals surface area contributed by atoms with Crippen LogP contribution < -0.4 is 10.1 Å². The van der Waals surface area contributed by atoms with Crippen molar-refractivity contribution in [3.63, 3.8) is 0 Å². The first-order valence-corrected chi connectivity index (χ1v) is 13.0. The van der Waals surface area contributed by atoms with Crippen molar-refractivity contribution in [1.82, 2.24) is 14.8 Å². The van der Waals surface area contributed by atoms with Gasteiger partial charge in [0, 0.05) is 12.6 Å². The molecule has 0 spiro atoms. The summed E-state index contributed by atoms with van der Waals surface area (Å²) < 4.78 is 13.3. The van der Waals surface area contributed by atoms with Gasteiger partial charge >= 0.3 is 0 Å². The van der Waals surface area contributed by atoms with Crippen LogP contribution in [0.5, 0.6) is 5.75 Å². The van der Waals surface area contributed by atoms with E-state index in [2.05, 4.69) is 5.32 Å². The fraction of sp³-hybridized carbons (Fsp3) is 0.448. The molecule has 190 valence electrons. The zero-order valence-corrected chi connectivity index (χ0v) is 21.3. The number of rotatable bonds is 7. The largest absolute Gasteiger partial charge is 0.491 e. The van der Waals surface area contributed by atoms with E-state index in [1.807, 2.05) is 73.9 Å². The molecular formula is C29H35N3O4. The van der Waals surface area contributed by atoms with Crippen molar-refractivity contribution in [2.75, 3.05) is 0 Å². The molecule has 0 bridgehead atoms. The van der Waals surface area contributed by atoms with Gasteiger partial charge in [-0.25, -0.2) is 0 Å². The highest BCUT2D eigenvalue weighted by Crippen LogP contribution is 2.35. The molecule has 2 aliphatic rings. The average Bonchev–Trinajstić information content (AvgIpc) is 3.53. The van der Waals surface area contributed by atoms with Crippen molar-refractivity contribution in [3.8, 4) is 17.2 Å². The number of amides is 2. The lowest BCUT2D eigenvalue weighted by molar-refractivity contribution is -0.134. The number of carbonyl (C=O) groups excluding carboxylic acids is 2. The number of furan rings is 1. The van der Waals surface area contributed by atoms with Crippen LogP contribution in [0.3, 0.4) is 0 Å². The van der Waals surface area contributed by atoms with E-state index in [-0.39, 0.29) is 24.0 Å². The van der Waals surface area contributed by atoms with E-state index in [4.69, 9.17) is 9.15 Å². The molecule has 2 amide bonds. The molecule has 1 N–H and O–H groups in total. The Morgan fingerprint density at radius 2 is 1.81 bits per heavy atom. The number of ether oxygens (including phenoxy) is 1. The summed E-state index contributed by atoms with van der Waals surface area (Å²) in [5.41, 5.74) is 1.25. The number of nitrogens with one attached hydrogen (secondary N) is 1. The minimum absolute atomic E-state index is 0.0856. The minimum Gasteiger partial charge on any atom is -0.491 e. The van der Waals surface area contributed by atoms with Crippen molar-refractivity contribution >= 4 is 11.8 Å². The molecule has 1 fully saturated rings. The monoisotopic (exact) mass is 489 g/mol. The number of fused-ring (bicyclic) bond motifs is 1. The van der Waals surface area contributed by atoms with Gasteiger partial charge in [-0.3, -0.25) is 9.59 Å². The lowest BCUT2D eigenvalue weighted by Gasteiger charge is -2.45. The van der Waals surface area contributed by atoms with Crippen LogP contribution in [0.2, 0.25) is 0 Å². The summed E-state index contributed by atoms with van der Waals surface area (Å²) in [4.78, 5) is 29.5. The Morgan fingerprint density at radius 1 is 1.08 bits per heavy atom. The third-order valence-corrected chi connectivity index (χ3v) is 7.35. The number of benzene rings is 1. The smallest absolute Gasteiger partial charge is 0.271 e. The van der Waals surface area contributed by atoms with Crippen LogP contribution in [-0.4, -0.2) is 39.0 Å². The Hall–Kier alpha value is -3.48. The first-order chi connectivity index (χ1) is 17.3. The van der Waals surface area contributed by atoms with Crippen molar-refractivity contribution in [2.45, 2.75) is 83.6 Å². The highest BCUT2D eigenvalue weighted by molar-refractivity contribution is 6.00. The third-order valence-electron chi connectivity index (χ3n) is 7.35. The Balaban J connectivity index is 1.48. The lowest BCUT2D eigenvalue weighted by Crippen LogP contribution is -2.64. The van der Waals surface area contributed by atoms with E-state index in [9.17, 15) is 9.59 Å². The Kier molecular flexibility index (Phi) is 6.65. The maximum Gasteiger partial charge on any atom is 0.271 e. The number of nitrogens with zero attached hydrogens (tertiary/aromatic N) is 2. The maximum atomic E-state index is 13.9. The van der Waals surface area contributed by atoms with E-state index < -0.39 is 5.54 Å². The highest BCUT2D eigenvalue weighted by Gasteiger charge is 2.48. The summed E-state index contributed by atoms with van der Waals surface area (Å²) >= 11 is 0. The minimum atomic E-state index is -1.06. The van der Waals surface area contributed by atoms with Crippen molar-refractivity contribution < 1.29 is 18.7 Å². The maximum absolute atomic E-state index is 13.9. The van der Waals surface area contributed by atoms with E-state index in [1.165, 1.54) is 6.42 Å². The molecule has 1 aliphatic heterocycles. The predicted molar refractivity (Wildman–Crippen MR) is 138 cm³/mol. The van der Waals surface area contributed by atoms with Gasteiger partial charge in [0.1, 0.15) is 22.7 Å². The molecule has 2 aromatic heterocycles. The van der Waals surface area contributed by atoms with Gasteiger partial charge in [0.15, 0.2) is 0 Å². The molecule has 0 saturated heterocycles. The number of hydrogen-bond acceptors (Lipinski definition) is 4. The van der Waals surface area contributed by atoms with Crippen LogP contribution in [0, 0.1) is 0 Å². The molecule has 0 unspecified atom stereocenters. The second-order valence-electron chi connectivity index (χ2n) is 10.5. The predicted octanol–water partition coefficient (Wildman–Crippen LogP) is 5.40. The van der Waals surface area contributed by atoms with Crippen LogP contribution in [0.1, 0.15) is 68.9 Å². The molecular weight excluding hydrogens is 454 g/mol. The normalized spacial score (nSPS) is 20.4. The number of hydrogen-bond donors (Lipinski definition) is 1. The van der Waals surface area contributed by atoms with Crippen LogP contribution in [0.4, 0.5) is 0 Å². The van der Waals surface area contributed by atoms with Gasteiger partial charge in [-0.05, 0) is 75.6 Å². The Morgan fingerprint density at radius 3 is 2.47 bits per heavy atom. The quantitative estimate of drug-likeness (QED) is 0.482. The fourth-order valence-corrected chi connectivity index (χ4v) is 5.38. The fourth-order valence-electron chi connectivity index (χ4n) is 5.38. The molecule has 3 heterocycles. The second-order valence-corrected chi connectivity index (χ2v) is 10.5. The standard InChI is InChI=1S/C29H35N3O4/c1-20(2)36-23-13-11-21(12-14-23)18-32-27(33)25-16-15-24(26-10-7-17-35-26)31(25)19-29(32,3)28(34)30-22-8-5-4-6-9-22/h7,10-17,20,22H,4-6,8-9,18-19H2,1-3H3,(H,30,34)/t29-/m0/s1. The third kappa shape index (κ3) is 4.66. The van der Waals surface area contributed by atoms with E-state index >= 15 is 0 Å². The highest BCUT2D eigenvalue weighted by atomic mass is 16.5. The molecule has 7 nitrogen and oxygen atoms in total. The summed E-state index contributed by atoms with van der Waals surface area (Å²) in [5.74, 6) is 1.20. The van der Waals surface area contributed by atoms with E-state index in [0.29, 0.717) is 24.5 Å². The first-order valence-electron chi connectivity index (χ1n) is 13.0. The number of carbonyl (C=O) groups is 2. The van der Waals surface area contributed by atoms with Crippen LogP contribution >= 0.6 is 0 Å². The molecule has 36 heavy (non-hydrogen) atoms. The zero-order valence-electron chi connectivity index (χ0n) is 21.3. The van der Waals surface area contributed by atoms with Gasteiger partial charge < -0.3 is 23.9 Å². The molecule has 3 aromatic rings. The van der Waals surface area contributed by atoms with Crippen molar-refractivity contribution in [1.29, 1.82) is 0 Å². The van der Waals surface area contributed by atoms with Crippen molar-refractivity contribution in [3.05, 3.63) is 66.1 Å². The summed E-state index contributed by atoms with van der Waals surface area (Å²) in [5, 5.41) is 3.28. The van der Waals surface area contributed by atoms with Crippen LogP contribution in [0.25, 0.3) is 11.5 Å². The topological polar surface area (TPSA) is 76.7 Å². The molecule has 7 heteroatoms. The summed E-state index contributed by atoms with van der Waals surface area (Å²) in [7, 11) is 0. The van der Waals surface area contributed by atoms with Gasteiger partial charge in [-0.1, -0.05) is 31.4 Å². The molecule has 1 atom stereocenters. The van der Waals surface area contributed by atoms with Crippen LogP contribution in [-0.2, 0) is 17.9 Å². The van der Waals surface area contributed by atoms with Gasteiger partial charge in [-0.15, -0.1) is 0 Å². The lowest BCUT2D eigenvalue weighted by atomic mass is 9.91. The van der Waals surface area contributed by atoms with Crippen molar-refractivity contribution in [2.24, 2.45) is 0 Å². The van der Waals surface area contributed by atoms with E-state index in [0.717, 1.165) is 42.7 Å². The first kappa shape index (κ1) is 24.2.